The lowest BCUT2D eigenvalue weighted by Gasteiger charge is -2.30. The van der Waals surface area contributed by atoms with Crippen LogP contribution >= 0.6 is 0 Å². The van der Waals surface area contributed by atoms with E-state index in [9.17, 15) is 13.9 Å². The predicted molar refractivity (Wildman–Crippen MR) is 80.2 cm³/mol. The van der Waals surface area contributed by atoms with Crippen molar-refractivity contribution in [3.8, 4) is 0 Å². The number of benzene rings is 1. The Labute approximate surface area is 123 Å². The molecule has 0 fully saturated rings. The lowest BCUT2D eigenvalue weighted by molar-refractivity contribution is 0.0176. The maximum absolute atomic E-state index is 13.7. The summed E-state index contributed by atoms with van der Waals surface area (Å²) in [5.74, 6) is -1.24. The predicted octanol–water partition coefficient (Wildman–Crippen LogP) is 3.72. The number of pyridine rings is 1. The van der Waals surface area contributed by atoms with Gasteiger partial charge in [-0.05, 0) is 25.0 Å². The number of aliphatic hydroxyl groups is 1. The van der Waals surface area contributed by atoms with E-state index in [0.717, 1.165) is 12.5 Å². The first-order valence-electron chi connectivity index (χ1n) is 7.05. The van der Waals surface area contributed by atoms with Crippen molar-refractivity contribution in [1.82, 2.24) is 4.98 Å². The summed E-state index contributed by atoms with van der Waals surface area (Å²) in [5.41, 5.74) is -0.234. The number of aromatic nitrogens is 1. The fourth-order valence-corrected chi connectivity index (χ4v) is 2.22. The molecule has 1 aromatic heterocycles. The number of hydrogen-bond acceptors (Lipinski definition) is 3. The fraction of sp³-hybridized carbons (Fsp3) is 0.438. The molecule has 1 heterocycles. The van der Waals surface area contributed by atoms with Crippen molar-refractivity contribution in [3.05, 3.63) is 36.0 Å². The molecule has 2 rings (SSSR count). The Kier molecular flexibility index (Phi) is 4.42. The molecule has 0 aliphatic heterocycles. The van der Waals surface area contributed by atoms with Crippen molar-refractivity contribution in [2.45, 2.75) is 32.8 Å². The van der Waals surface area contributed by atoms with E-state index in [0.29, 0.717) is 17.6 Å². The van der Waals surface area contributed by atoms with Crippen LogP contribution in [0.4, 0.5) is 14.5 Å². The van der Waals surface area contributed by atoms with Gasteiger partial charge in [0.1, 0.15) is 11.3 Å². The second kappa shape index (κ2) is 5.93. The Hall–Kier alpha value is -1.75. The number of rotatable bonds is 5. The van der Waals surface area contributed by atoms with Gasteiger partial charge in [-0.15, -0.1) is 0 Å². The Morgan fingerprint density at radius 1 is 1.38 bits per heavy atom. The highest BCUT2D eigenvalue weighted by Gasteiger charge is 2.26. The van der Waals surface area contributed by atoms with Crippen molar-refractivity contribution in [2.24, 2.45) is 5.92 Å². The summed E-state index contributed by atoms with van der Waals surface area (Å²) in [6.07, 6.45) is 2.30. The topological polar surface area (TPSA) is 45.1 Å². The van der Waals surface area contributed by atoms with E-state index in [-0.39, 0.29) is 11.4 Å². The molecule has 0 radical (unpaired) electrons. The summed E-state index contributed by atoms with van der Waals surface area (Å²) in [5, 5.41) is 13.8. The van der Waals surface area contributed by atoms with Gasteiger partial charge in [-0.1, -0.05) is 20.3 Å². The third kappa shape index (κ3) is 3.29. The first-order chi connectivity index (χ1) is 9.85. The smallest absolute Gasteiger partial charge is 0.152 e. The van der Waals surface area contributed by atoms with Gasteiger partial charge >= 0.3 is 0 Å². The second-order valence-corrected chi connectivity index (χ2v) is 5.66. The van der Waals surface area contributed by atoms with Crippen molar-refractivity contribution in [1.29, 1.82) is 0 Å². The van der Waals surface area contributed by atoms with E-state index in [1.54, 1.807) is 13.0 Å². The number of nitrogens with one attached hydrogen (secondary N) is 1. The SMILES string of the molecule is CCC(C)C(C)(O)CNc1ccnc2c(F)cc(F)cc12. The Balaban J connectivity index is 2.31. The van der Waals surface area contributed by atoms with Crippen molar-refractivity contribution in [3.63, 3.8) is 0 Å². The van der Waals surface area contributed by atoms with E-state index >= 15 is 0 Å². The zero-order valence-electron chi connectivity index (χ0n) is 12.5. The van der Waals surface area contributed by atoms with Crippen LogP contribution in [0.25, 0.3) is 10.9 Å². The van der Waals surface area contributed by atoms with Crippen LogP contribution in [0.1, 0.15) is 27.2 Å². The Bertz CT molecular complexity index is 643. The molecule has 0 aliphatic carbocycles. The van der Waals surface area contributed by atoms with Gasteiger partial charge in [0.25, 0.3) is 0 Å². The summed E-state index contributed by atoms with van der Waals surface area (Å²) >= 11 is 0. The molecule has 114 valence electrons. The quantitative estimate of drug-likeness (QED) is 0.883. The molecule has 2 N–H and O–H groups in total. The van der Waals surface area contributed by atoms with E-state index in [4.69, 9.17) is 0 Å². The molecule has 0 saturated heterocycles. The van der Waals surface area contributed by atoms with Gasteiger partial charge < -0.3 is 10.4 Å². The minimum absolute atomic E-state index is 0.103. The van der Waals surface area contributed by atoms with Gasteiger partial charge in [-0.25, -0.2) is 8.78 Å². The van der Waals surface area contributed by atoms with Crippen LogP contribution in [-0.4, -0.2) is 22.2 Å². The average molecular weight is 294 g/mol. The third-order valence-electron chi connectivity index (χ3n) is 4.07. The average Bonchev–Trinajstić information content (AvgIpc) is 2.44. The molecular weight excluding hydrogens is 274 g/mol. The van der Waals surface area contributed by atoms with Crippen LogP contribution in [-0.2, 0) is 0 Å². The Morgan fingerprint density at radius 3 is 2.76 bits per heavy atom. The van der Waals surface area contributed by atoms with Gasteiger partial charge in [0.05, 0.1) is 5.60 Å². The highest BCUT2D eigenvalue weighted by Crippen LogP contribution is 2.27. The van der Waals surface area contributed by atoms with Crippen LogP contribution < -0.4 is 5.32 Å². The molecular formula is C16H20F2N2O. The first kappa shape index (κ1) is 15.6. The van der Waals surface area contributed by atoms with E-state index in [1.807, 2.05) is 13.8 Å². The zero-order valence-corrected chi connectivity index (χ0v) is 12.5. The van der Waals surface area contributed by atoms with E-state index < -0.39 is 17.2 Å². The molecule has 3 nitrogen and oxygen atoms in total. The molecule has 0 bridgehead atoms. The number of fused-ring (bicyclic) bond motifs is 1. The first-order valence-corrected chi connectivity index (χ1v) is 7.05. The number of halogens is 2. The van der Waals surface area contributed by atoms with Gasteiger partial charge in [-0.3, -0.25) is 4.98 Å². The van der Waals surface area contributed by atoms with Crippen LogP contribution in [0.15, 0.2) is 24.4 Å². The molecule has 0 spiro atoms. The molecule has 0 amide bonds. The number of anilines is 1. The summed E-state index contributed by atoms with van der Waals surface area (Å²) in [7, 11) is 0. The lowest BCUT2D eigenvalue weighted by Crippen LogP contribution is -2.39. The van der Waals surface area contributed by atoms with Crippen molar-refractivity contribution >= 4 is 16.6 Å². The summed E-state index contributed by atoms with van der Waals surface area (Å²) in [4.78, 5) is 3.93. The molecule has 21 heavy (non-hydrogen) atoms. The maximum atomic E-state index is 13.7. The summed E-state index contributed by atoms with van der Waals surface area (Å²) in [6.45, 7) is 6.01. The van der Waals surface area contributed by atoms with Gasteiger partial charge in [0.2, 0.25) is 0 Å². The third-order valence-corrected chi connectivity index (χ3v) is 4.07. The Morgan fingerprint density at radius 2 is 2.10 bits per heavy atom. The maximum Gasteiger partial charge on any atom is 0.152 e. The second-order valence-electron chi connectivity index (χ2n) is 5.66. The number of nitrogens with zero attached hydrogens (tertiary/aromatic N) is 1. The highest BCUT2D eigenvalue weighted by atomic mass is 19.1. The molecule has 2 aromatic rings. The molecule has 0 saturated carbocycles. The van der Waals surface area contributed by atoms with Crippen LogP contribution in [0.2, 0.25) is 0 Å². The van der Waals surface area contributed by atoms with Crippen molar-refractivity contribution < 1.29 is 13.9 Å². The lowest BCUT2D eigenvalue weighted by atomic mass is 9.88. The van der Waals surface area contributed by atoms with Crippen LogP contribution in [0, 0.1) is 17.6 Å². The minimum Gasteiger partial charge on any atom is -0.388 e. The summed E-state index contributed by atoms with van der Waals surface area (Å²) in [6, 6.07) is 3.70. The van der Waals surface area contributed by atoms with Gasteiger partial charge in [-0.2, -0.15) is 0 Å². The van der Waals surface area contributed by atoms with Gasteiger partial charge in [0, 0.05) is 29.9 Å². The normalized spacial score (nSPS) is 15.7. The van der Waals surface area contributed by atoms with E-state index in [1.165, 1.54) is 12.3 Å². The monoisotopic (exact) mass is 294 g/mol. The molecule has 5 heteroatoms. The minimum atomic E-state index is -0.907. The zero-order chi connectivity index (χ0) is 15.6. The van der Waals surface area contributed by atoms with Gasteiger partial charge in [0.15, 0.2) is 5.82 Å². The molecule has 1 aromatic carbocycles. The van der Waals surface area contributed by atoms with Crippen LogP contribution in [0.3, 0.4) is 0 Å². The number of hydrogen-bond donors (Lipinski definition) is 2. The van der Waals surface area contributed by atoms with Crippen molar-refractivity contribution in [2.75, 3.05) is 11.9 Å². The molecule has 0 aliphatic rings. The standard InChI is InChI=1S/C16H20F2N2O/c1-4-10(2)16(3,21)9-20-14-5-6-19-15-12(14)7-11(17)8-13(15)18/h5-8,10,21H,4,9H2,1-3H3,(H,19,20). The fourth-order valence-electron chi connectivity index (χ4n) is 2.22. The summed E-state index contributed by atoms with van der Waals surface area (Å²) < 4.78 is 27.1. The van der Waals surface area contributed by atoms with Crippen LogP contribution in [0.5, 0.6) is 0 Å². The van der Waals surface area contributed by atoms with E-state index in [2.05, 4.69) is 10.3 Å². The highest BCUT2D eigenvalue weighted by molar-refractivity contribution is 5.91. The largest absolute Gasteiger partial charge is 0.388 e. The molecule has 2 atom stereocenters. The molecule has 2 unspecified atom stereocenters.